The third kappa shape index (κ3) is 2.63. The molecule has 84 valence electrons. The molecule has 2 aromatic rings. The van der Waals surface area contributed by atoms with Crippen LogP contribution in [0.2, 0.25) is 0 Å². The quantitative estimate of drug-likeness (QED) is 0.843. The number of nitrogens with zero attached hydrogens (tertiary/aromatic N) is 4. The summed E-state index contributed by atoms with van der Waals surface area (Å²) < 4.78 is 9.41. The number of hydrogen-bond donors (Lipinski definition) is 1. The van der Waals surface area contributed by atoms with Crippen molar-refractivity contribution in [2.24, 2.45) is 0 Å². The van der Waals surface area contributed by atoms with Gasteiger partial charge in [0.2, 0.25) is 0 Å². The number of nitrogens with one attached hydrogen (secondary N) is 1. The average molecular weight is 237 g/mol. The summed E-state index contributed by atoms with van der Waals surface area (Å²) in [7, 11) is 0. The topological polar surface area (TPSA) is 72.7 Å². The fourth-order valence-corrected chi connectivity index (χ4v) is 1.71. The molecule has 2 aromatic heterocycles. The molecule has 1 N–H and O–H groups in total. The van der Waals surface area contributed by atoms with E-state index in [4.69, 9.17) is 0 Å². The Morgan fingerprint density at radius 1 is 1.69 bits per heavy atom. The van der Waals surface area contributed by atoms with E-state index in [1.165, 1.54) is 6.20 Å². The number of aromatic nitrogens is 4. The number of carbonyl (C=O) groups excluding carboxylic acids is 1. The van der Waals surface area contributed by atoms with Gasteiger partial charge in [-0.3, -0.25) is 9.48 Å². The summed E-state index contributed by atoms with van der Waals surface area (Å²) in [6, 6.07) is 1.84. The largest absolute Gasteiger partial charge is 0.346 e. The van der Waals surface area contributed by atoms with Crippen LogP contribution in [0.4, 0.5) is 0 Å². The van der Waals surface area contributed by atoms with E-state index in [-0.39, 0.29) is 11.9 Å². The summed E-state index contributed by atoms with van der Waals surface area (Å²) in [6.45, 7) is 2.55. The molecule has 0 bridgehead atoms. The van der Waals surface area contributed by atoms with Crippen LogP contribution < -0.4 is 5.32 Å². The average Bonchev–Trinajstić information content (AvgIpc) is 2.88. The molecule has 0 aliphatic heterocycles. The third-order valence-corrected chi connectivity index (χ3v) is 2.47. The Morgan fingerprint density at radius 2 is 2.56 bits per heavy atom. The van der Waals surface area contributed by atoms with Gasteiger partial charge in [0.15, 0.2) is 5.69 Å². The first-order valence-corrected chi connectivity index (χ1v) is 5.54. The van der Waals surface area contributed by atoms with Crippen LogP contribution in [0.25, 0.3) is 0 Å². The molecule has 2 rings (SSSR count). The molecule has 0 aliphatic rings. The Labute approximate surface area is 96.6 Å². The molecule has 0 radical (unpaired) electrons. The van der Waals surface area contributed by atoms with Crippen molar-refractivity contribution in [1.29, 1.82) is 0 Å². The molecule has 16 heavy (non-hydrogen) atoms. The van der Waals surface area contributed by atoms with Gasteiger partial charge in [-0.15, -0.1) is 0 Å². The van der Waals surface area contributed by atoms with Crippen molar-refractivity contribution < 1.29 is 4.79 Å². The normalized spacial score (nSPS) is 12.3. The van der Waals surface area contributed by atoms with E-state index in [2.05, 4.69) is 19.2 Å². The van der Waals surface area contributed by atoms with E-state index in [1.54, 1.807) is 10.9 Å². The molecule has 6 nitrogen and oxygen atoms in total. The summed E-state index contributed by atoms with van der Waals surface area (Å²) >= 11 is 1.02. The molecule has 0 saturated carbocycles. The second-order valence-electron chi connectivity index (χ2n) is 3.40. The van der Waals surface area contributed by atoms with Crippen LogP contribution in [0.1, 0.15) is 17.4 Å². The second kappa shape index (κ2) is 4.84. The van der Waals surface area contributed by atoms with Crippen molar-refractivity contribution in [3.05, 3.63) is 30.4 Å². The van der Waals surface area contributed by atoms with Crippen molar-refractivity contribution in [3.63, 3.8) is 0 Å². The Balaban J connectivity index is 1.88. The Kier molecular flexibility index (Phi) is 3.25. The van der Waals surface area contributed by atoms with Gasteiger partial charge < -0.3 is 5.32 Å². The predicted molar refractivity (Wildman–Crippen MR) is 59.1 cm³/mol. The molecule has 1 atom stereocenters. The molecule has 7 heteroatoms. The van der Waals surface area contributed by atoms with E-state index in [1.807, 2.05) is 19.2 Å². The first-order valence-electron chi connectivity index (χ1n) is 4.81. The number of carbonyl (C=O) groups is 1. The van der Waals surface area contributed by atoms with Gasteiger partial charge >= 0.3 is 0 Å². The van der Waals surface area contributed by atoms with Gasteiger partial charge in [0.25, 0.3) is 5.91 Å². The molecule has 0 aliphatic carbocycles. The molecule has 1 amide bonds. The van der Waals surface area contributed by atoms with E-state index >= 15 is 0 Å². The van der Waals surface area contributed by atoms with Gasteiger partial charge in [0, 0.05) is 18.4 Å². The van der Waals surface area contributed by atoms with Crippen LogP contribution in [-0.2, 0) is 6.54 Å². The fourth-order valence-electron chi connectivity index (χ4n) is 1.30. The second-order valence-corrected chi connectivity index (χ2v) is 3.95. The maximum absolute atomic E-state index is 11.6. The fraction of sp³-hybridized carbons (Fsp3) is 0.333. The lowest BCUT2D eigenvalue weighted by Crippen LogP contribution is -2.35. The standard InChI is InChI=1S/C9H11N5OS/c1-7(6-14-4-2-3-10-14)12-9(15)8-5-11-16-13-8/h2-5,7H,6H2,1H3,(H,12,15). The zero-order valence-electron chi connectivity index (χ0n) is 8.70. The Morgan fingerprint density at radius 3 is 3.19 bits per heavy atom. The van der Waals surface area contributed by atoms with E-state index in [9.17, 15) is 4.79 Å². The van der Waals surface area contributed by atoms with E-state index < -0.39 is 0 Å². The first kappa shape index (κ1) is 10.7. The van der Waals surface area contributed by atoms with Crippen LogP contribution in [0.5, 0.6) is 0 Å². The minimum Gasteiger partial charge on any atom is -0.346 e. The van der Waals surface area contributed by atoms with Crippen LogP contribution in [-0.4, -0.2) is 30.5 Å². The smallest absolute Gasteiger partial charge is 0.272 e. The van der Waals surface area contributed by atoms with Gasteiger partial charge in [-0.25, -0.2) is 0 Å². The highest BCUT2D eigenvalue weighted by Crippen LogP contribution is 1.97. The Bertz CT molecular complexity index is 438. The van der Waals surface area contributed by atoms with Crippen molar-refractivity contribution in [1.82, 2.24) is 23.8 Å². The summed E-state index contributed by atoms with van der Waals surface area (Å²) in [5.41, 5.74) is 0.359. The molecular formula is C9H11N5OS. The van der Waals surface area contributed by atoms with Gasteiger partial charge in [0.05, 0.1) is 24.5 Å². The van der Waals surface area contributed by atoms with Crippen molar-refractivity contribution in [3.8, 4) is 0 Å². The summed E-state index contributed by atoms with van der Waals surface area (Å²) in [5, 5.41) is 6.89. The molecule has 1 unspecified atom stereocenters. The van der Waals surface area contributed by atoms with Crippen LogP contribution >= 0.6 is 11.7 Å². The SMILES string of the molecule is CC(Cn1cccn1)NC(=O)c1cnsn1. The number of amides is 1. The highest BCUT2D eigenvalue weighted by Gasteiger charge is 2.12. The van der Waals surface area contributed by atoms with Crippen LogP contribution in [0, 0.1) is 0 Å². The zero-order chi connectivity index (χ0) is 11.4. The van der Waals surface area contributed by atoms with Gasteiger partial charge in [0.1, 0.15) is 0 Å². The maximum Gasteiger partial charge on any atom is 0.272 e. The van der Waals surface area contributed by atoms with Crippen molar-refractivity contribution >= 4 is 17.6 Å². The summed E-state index contributed by atoms with van der Waals surface area (Å²) in [6.07, 6.45) is 5.02. The number of rotatable bonds is 4. The molecule has 0 spiro atoms. The Hall–Kier alpha value is -1.76. The molecule has 0 aromatic carbocycles. The predicted octanol–water partition coefficient (Wildman–Crippen LogP) is 0.553. The minimum absolute atomic E-state index is 0.00546. The maximum atomic E-state index is 11.6. The first-order chi connectivity index (χ1) is 7.75. The lowest BCUT2D eigenvalue weighted by atomic mass is 10.3. The lowest BCUT2D eigenvalue weighted by Gasteiger charge is -2.12. The third-order valence-electron chi connectivity index (χ3n) is 1.99. The highest BCUT2D eigenvalue weighted by atomic mass is 32.1. The molecule has 0 fully saturated rings. The monoisotopic (exact) mass is 237 g/mol. The van der Waals surface area contributed by atoms with Crippen LogP contribution in [0.3, 0.4) is 0 Å². The zero-order valence-corrected chi connectivity index (χ0v) is 9.52. The minimum atomic E-state index is -0.201. The molecular weight excluding hydrogens is 226 g/mol. The lowest BCUT2D eigenvalue weighted by molar-refractivity contribution is 0.0932. The van der Waals surface area contributed by atoms with E-state index in [0.29, 0.717) is 12.2 Å². The van der Waals surface area contributed by atoms with Crippen LogP contribution in [0.15, 0.2) is 24.7 Å². The number of hydrogen-bond acceptors (Lipinski definition) is 5. The van der Waals surface area contributed by atoms with Crippen molar-refractivity contribution in [2.45, 2.75) is 19.5 Å². The molecule has 2 heterocycles. The highest BCUT2D eigenvalue weighted by molar-refractivity contribution is 6.99. The van der Waals surface area contributed by atoms with Gasteiger partial charge in [-0.05, 0) is 13.0 Å². The summed E-state index contributed by atoms with van der Waals surface area (Å²) in [5.74, 6) is -0.201. The van der Waals surface area contributed by atoms with Gasteiger partial charge in [-0.2, -0.15) is 13.8 Å². The van der Waals surface area contributed by atoms with Crippen molar-refractivity contribution in [2.75, 3.05) is 0 Å². The summed E-state index contributed by atoms with van der Waals surface area (Å²) in [4.78, 5) is 11.6. The molecule has 0 saturated heterocycles. The van der Waals surface area contributed by atoms with Gasteiger partial charge in [-0.1, -0.05) is 0 Å². The van der Waals surface area contributed by atoms with E-state index in [0.717, 1.165) is 11.7 Å².